The summed E-state index contributed by atoms with van der Waals surface area (Å²) in [5.41, 5.74) is 1.19. The van der Waals surface area contributed by atoms with Gasteiger partial charge in [0.05, 0.1) is 19.8 Å². The molecule has 0 bridgehead atoms. The second-order valence-electron chi connectivity index (χ2n) is 6.29. The lowest BCUT2D eigenvalue weighted by Crippen LogP contribution is -2.31. The van der Waals surface area contributed by atoms with E-state index in [4.69, 9.17) is 14.2 Å². The van der Waals surface area contributed by atoms with Gasteiger partial charge in [-0.05, 0) is 30.2 Å². The van der Waals surface area contributed by atoms with E-state index < -0.39 is 36.0 Å². The van der Waals surface area contributed by atoms with Gasteiger partial charge in [-0.3, -0.25) is 9.59 Å². The number of hydrogen-bond acceptors (Lipinski definition) is 6. The van der Waals surface area contributed by atoms with Crippen LogP contribution >= 0.6 is 0 Å². The molecule has 0 saturated carbocycles. The van der Waals surface area contributed by atoms with Crippen LogP contribution in [0.5, 0.6) is 5.75 Å². The van der Waals surface area contributed by atoms with Crippen molar-refractivity contribution in [1.82, 2.24) is 0 Å². The van der Waals surface area contributed by atoms with Crippen LogP contribution in [0.25, 0.3) is 0 Å². The maximum atomic E-state index is 12.6. The van der Waals surface area contributed by atoms with Gasteiger partial charge in [0.1, 0.15) is 23.7 Å². The number of aliphatic hydroxyl groups is 1. The van der Waals surface area contributed by atoms with Gasteiger partial charge in [-0.25, -0.2) is 0 Å². The van der Waals surface area contributed by atoms with Gasteiger partial charge in [-0.2, -0.15) is 0 Å². The monoisotopic (exact) mass is 370 g/mol. The Kier molecular flexibility index (Phi) is 5.76. The number of aliphatic hydroxyl groups excluding tert-OH is 1. The summed E-state index contributed by atoms with van der Waals surface area (Å²) in [5.74, 6) is -2.54. The van der Waals surface area contributed by atoms with Crippen molar-refractivity contribution in [2.75, 3.05) is 13.7 Å². The summed E-state index contributed by atoms with van der Waals surface area (Å²) < 4.78 is 15.8. The molecule has 1 aliphatic heterocycles. The van der Waals surface area contributed by atoms with E-state index in [1.807, 2.05) is 6.07 Å². The van der Waals surface area contributed by atoms with E-state index >= 15 is 0 Å². The molecule has 1 N–H and O–H groups in total. The highest BCUT2D eigenvalue weighted by atomic mass is 16.6. The second-order valence-corrected chi connectivity index (χ2v) is 6.29. The standard InChI is InChI=1S/C21H22O6/c1-3-26-20(23)17-16(18(22)13-9-11-15(25-2)12-10-13)21(24)27-19(17)14-7-5-4-6-8-14/h4-12,16-19,22H,3H2,1-2H3/t16-,17+,18-,19+/m1/s1. The number of esters is 2. The van der Waals surface area contributed by atoms with Crippen LogP contribution in [0.2, 0.25) is 0 Å². The average molecular weight is 370 g/mol. The molecule has 0 aliphatic carbocycles. The summed E-state index contributed by atoms with van der Waals surface area (Å²) >= 11 is 0. The van der Waals surface area contributed by atoms with Gasteiger partial charge >= 0.3 is 11.9 Å². The number of cyclic esters (lactones) is 1. The Hall–Kier alpha value is -2.86. The topological polar surface area (TPSA) is 82.1 Å². The molecule has 1 fully saturated rings. The molecule has 1 aliphatic rings. The van der Waals surface area contributed by atoms with Gasteiger partial charge in [0, 0.05) is 0 Å². The van der Waals surface area contributed by atoms with E-state index in [1.165, 1.54) is 0 Å². The fourth-order valence-corrected chi connectivity index (χ4v) is 3.37. The fourth-order valence-electron chi connectivity index (χ4n) is 3.37. The van der Waals surface area contributed by atoms with Crippen LogP contribution in [-0.4, -0.2) is 30.8 Å². The lowest BCUT2D eigenvalue weighted by molar-refractivity contribution is -0.153. The molecule has 0 spiro atoms. The SMILES string of the molecule is CCOC(=O)[C@H]1[C@H]([C@H](O)c2ccc(OC)cc2)C(=O)O[C@H]1c1ccccc1. The Balaban J connectivity index is 1.95. The highest BCUT2D eigenvalue weighted by molar-refractivity contribution is 5.86. The number of hydrogen-bond donors (Lipinski definition) is 1. The molecule has 0 unspecified atom stereocenters. The number of carbonyl (C=O) groups is 2. The molecule has 0 radical (unpaired) electrons. The zero-order valence-corrected chi connectivity index (χ0v) is 15.2. The van der Waals surface area contributed by atoms with Crippen LogP contribution in [0.1, 0.15) is 30.3 Å². The lowest BCUT2D eigenvalue weighted by Gasteiger charge is -2.23. The van der Waals surface area contributed by atoms with Gasteiger partial charge < -0.3 is 19.3 Å². The van der Waals surface area contributed by atoms with Gasteiger partial charge in [0.15, 0.2) is 0 Å². The van der Waals surface area contributed by atoms with Crippen molar-refractivity contribution >= 4 is 11.9 Å². The van der Waals surface area contributed by atoms with Crippen LogP contribution in [0, 0.1) is 11.8 Å². The quantitative estimate of drug-likeness (QED) is 0.788. The number of methoxy groups -OCH3 is 1. The van der Waals surface area contributed by atoms with Crippen LogP contribution < -0.4 is 4.74 Å². The first-order valence-electron chi connectivity index (χ1n) is 8.81. The zero-order valence-electron chi connectivity index (χ0n) is 15.2. The molecule has 2 aromatic carbocycles. The van der Waals surface area contributed by atoms with Crippen molar-refractivity contribution < 1.29 is 28.9 Å². The average Bonchev–Trinajstić information content (AvgIpc) is 3.05. The molecular weight excluding hydrogens is 348 g/mol. The molecule has 1 heterocycles. The maximum absolute atomic E-state index is 12.6. The molecule has 1 saturated heterocycles. The molecule has 142 valence electrons. The first-order chi connectivity index (χ1) is 13.1. The molecule has 2 aromatic rings. The Morgan fingerprint density at radius 3 is 2.41 bits per heavy atom. The zero-order chi connectivity index (χ0) is 19.4. The summed E-state index contributed by atoms with van der Waals surface area (Å²) in [5, 5.41) is 10.9. The summed E-state index contributed by atoms with van der Waals surface area (Å²) in [6, 6.07) is 15.7. The van der Waals surface area contributed by atoms with Crippen LogP contribution in [-0.2, 0) is 19.1 Å². The molecule has 6 nitrogen and oxygen atoms in total. The number of carbonyl (C=O) groups excluding carboxylic acids is 2. The number of rotatable bonds is 6. The Morgan fingerprint density at radius 1 is 1.15 bits per heavy atom. The van der Waals surface area contributed by atoms with E-state index in [0.717, 1.165) is 0 Å². The van der Waals surface area contributed by atoms with Crippen molar-refractivity contribution in [2.24, 2.45) is 11.8 Å². The van der Waals surface area contributed by atoms with Crippen molar-refractivity contribution in [3.05, 3.63) is 65.7 Å². The first kappa shape index (κ1) is 18.9. The van der Waals surface area contributed by atoms with Crippen LogP contribution in [0.3, 0.4) is 0 Å². The van der Waals surface area contributed by atoms with Gasteiger partial charge in [0.25, 0.3) is 0 Å². The highest BCUT2D eigenvalue weighted by Gasteiger charge is 2.53. The Labute approximate surface area is 157 Å². The molecule has 27 heavy (non-hydrogen) atoms. The normalized spacial score (nSPS) is 22.8. The van der Waals surface area contributed by atoms with Crippen molar-refractivity contribution in [3.8, 4) is 5.75 Å². The van der Waals surface area contributed by atoms with Crippen LogP contribution in [0.4, 0.5) is 0 Å². The molecule has 4 atom stereocenters. The van der Waals surface area contributed by atoms with E-state index in [9.17, 15) is 14.7 Å². The number of ether oxygens (including phenoxy) is 3. The molecule has 0 amide bonds. The van der Waals surface area contributed by atoms with E-state index in [2.05, 4.69) is 0 Å². The minimum absolute atomic E-state index is 0.177. The number of benzene rings is 2. The van der Waals surface area contributed by atoms with Gasteiger partial charge in [0.2, 0.25) is 0 Å². The summed E-state index contributed by atoms with van der Waals surface area (Å²) in [6.07, 6.45) is -2.00. The molecule has 0 aromatic heterocycles. The predicted molar refractivity (Wildman–Crippen MR) is 96.8 cm³/mol. The molecule has 6 heteroatoms. The largest absolute Gasteiger partial charge is 0.497 e. The summed E-state index contributed by atoms with van der Waals surface area (Å²) in [6.45, 7) is 1.87. The highest BCUT2D eigenvalue weighted by Crippen LogP contribution is 2.45. The van der Waals surface area contributed by atoms with Crippen LogP contribution in [0.15, 0.2) is 54.6 Å². The minimum Gasteiger partial charge on any atom is -0.497 e. The fraction of sp³-hybridized carbons (Fsp3) is 0.333. The van der Waals surface area contributed by atoms with Crippen molar-refractivity contribution in [1.29, 1.82) is 0 Å². The lowest BCUT2D eigenvalue weighted by atomic mass is 9.81. The third-order valence-electron chi connectivity index (χ3n) is 4.71. The van der Waals surface area contributed by atoms with Gasteiger partial charge in [-0.15, -0.1) is 0 Å². The molecule has 3 rings (SSSR count). The summed E-state index contributed by atoms with van der Waals surface area (Å²) in [4.78, 5) is 25.2. The van der Waals surface area contributed by atoms with E-state index in [1.54, 1.807) is 62.6 Å². The Bertz CT molecular complexity index is 786. The van der Waals surface area contributed by atoms with Crippen molar-refractivity contribution in [2.45, 2.75) is 19.1 Å². The second kappa shape index (κ2) is 8.22. The Morgan fingerprint density at radius 2 is 1.81 bits per heavy atom. The minimum atomic E-state index is -1.20. The first-order valence-corrected chi connectivity index (χ1v) is 8.81. The van der Waals surface area contributed by atoms with E-state index in [-0.39, 0.29) is 6.61 Å². The summed E-state index contributed by atoms with van der Waals surface area (Å²) in [7, 11) is 1.54. The maximum Gasteiger partial charge on any atom is 0.314 e. The third-order valence-corrected chi connectivity index (χ3v) is 4.71. The van der Waals surface area contributed by atoms with E-state index in [0.29, 0.717) is 16.9 Å². The smallest absolute Gasteiger partial charge is 0.314 e. The van der Waals surface area contributed by atoms with Gasteiger partial charge in [-0.1, -0.05) is 42.5 Å². The predicted octanol–water partition coefficient (Wildman–Crippen LogP) is 2.82. The third kappa shape index (κ3) is 3.80. The molecular formula is C21H22O6. The van der Waals surface area contributed by atoms with Crippen molar-refractivity contribution in [3.63, 3.8) is 0 Å².